The van der Waals surface area contributed by atoms with Crippen LogP contribution in [0.1, 0.15) is 17.7 Å². The molecule has 0 fully saturated rings. The SMILES string of the molecule is Cc1nn(C)c(F)c1/C=N/NC(=O)CCn1cc(Cl)c([N+](=O)[O-])n1. The predicted octanol–water partition coefficient (Wildman–Crippen LogP) is 1.17. The molecule has 0 aliphatic carbocycles. The number of nitro groups is 1. The third-order valence-corrected chi connectivity index (χ3v) is 3.29. The van der Waals surface area contributed by atoms with Crippen LogP contribution in [0.5, 0.6) is 0 Å². The fourth-order valence-electron chi connectivity index (χ4n) is 1.86. The molecule has 0 unspecified atom stereocenters. The van der Waals surface area contributed by atoms with Gasteiger partial charge >= 0.3 is 5.82 Å². The summed E-state index contributed by atoms with van der Waals surface area (Å²) in [6, 6.07) is 0. The Morgan fingerprint density at radius 3 is 2.83 bits per heavy atom. The third-order valence-electron chi connectivity index (χ3n) is 3.02. The average molecular weight is 358 g/mol. The zero-order chi connectivity index (χ0) is 17.9. The Morgan fingerprint density at radius 2 is 2.29 bits per heavy atom. The maximum atomic E-state index is 13.6. The molecule has 0 saturated heterocycles. The smallest absolute Gasteiger partial charge is 0.358 e. The summed E-state index contributed by atoms with van der Waals surface area (Å²) in [6.07, 6.45) is 2.37. The summed E-state index contributed by atoms with van der Waals surface area (Å²) in [4.78, 5) is 21.6. The number of aryl methyl sites for hydroxylation is 3. The van der Waals surface area contributed by atoms with E-state index in [1.54, 1.807) is 6.92 Å². The zero-order valence-electron chi connectivity index (χ0n) is 12.7. The van der Waals surface area contributed by atoms with Gasteiger partial charge in [-0.05, 0) is 11.8 Å². The molecule has 2 heterocycles. The van der Waals surface area contributed by atoms with E-state index in [1.165, 1.54) is 17.9 Å². The van der Waals surface area contributed by atoms with Crippen LogP contribution in [0.4, 0.5) is 10.2 Å². The maximum Gasteiger partial charge on any atom is 0.408 e. The number of hydrogen-bond acceptors (Lipinski definition) is 6. The highest BCUT2D eigenvalue weighted by molar-refractivity contribution is 6.32. The molecule has 24 heavy (non-hydrogen) atoms. The highest BCUT2D eigenvalue weighted by Crippen LogP contribution is 2.21. The normalized spacial score (nSPS) is 11.2. The quantitative estimate of drug-likeness (QED) is 0.472. The Balaban J connectivity index is 1.89. The van der Waals surface area contributed by atoms with Crippen molar-refractivity contribution in [2.24, 2.45) is 12.1 Å². The second-order valence-electron chi connectivity index (χ2n) is 4.78. The van der Waals surface area contributed by atoms with Crippen LogP contribution in [-0.2, 0) is 18.4 Å². The van der Waals surface area contributed by atoms with Crippen LogP contribution in [0.3, 0.4) is 0 Å². The average Bonchev–Trinajstić information content (AvgIpc) is 2.99. The van der Waals surface area contributed by atoms with Gasteiger partial charge in [-0.2, -0.15) is 19.3 Å². The van der Waals surface area contributed by atoms with Crippen LogP contribution < -0.4 is 5.43 Å². The van der Waals surface area contributed by atoms with Crippen molar-refractivity contribution in [1.29, 1.82) is 0 Å². The van der Waals surface area contributed by atoms with E-state index >= 15 is 0 Å². The standard InChI is InChI=1S/C12H13ClFN7O3/c1-7-8(11(14)19(2)17-7)5-15-16-10(22)3-4-20-6-9(13)12(18-20)21(23)24/h5-6H,3-4H2,1-2H3,(H,16,22)/b15-5+. The number of hydrogen-bond donors (Lipinski definition) is 1. The molecule has 0 aliphatic heterocycles. The van der Waals surface area contributed by atoms with Crippen molar-refractivity contribution in [2.45, 2.75) is 19.9 Å². The monoisotopic (exact) mass is 357 g/mol. The number of carbonyl (C=O) groups is 1. The van der Waals surface area contributed by atoms with E-state index in [1.807, 2.05) is 0 Å². The van der Waals surface area contributed by atoms with Gasteiger partial charge in [0.1, 0.15) is 0 Å². The molecule has 128 valence electrons. The van der Waals surface area contributed by atoms with E-state index in [9.17, 15) is 19.3 Å². The minimum Gasteiger partial charge on any atom is -0.358 e. The van der Waals surface area contributed by atoms with Crippen molar-refractivity contribution in [2.75, 3.05) is 0 Å². The maximum absolute atomic E-state index is 13.6. The van der Waals surface area contributed by atoms with Crippen molar-refractivity contribution in [3.63, 3.8) is 0 Å². The highest BCUT2D eigenvalue weighted by atomic mass is 35.5. The van der Waals surface area contributed by atoms with E-state index in [-0.39, 0.29) is 23.6 Å². The number of carbonyl (C=O) groups excluding carboxylic acids is 1. The minimum atomic E-state index is -0.714. The predicted molar refractivity (Wildman–Crippen MR) is 82.1 cm³/mol. The topological polar surface area (TPSA) is 120 Å². The number of nitrogens with one attached hydrogen (secondary N) is 1. The van der Waals surface area contributed by atoms with Gasteiger partial charge in [0.25, 0.3) is 0 Å². The van der Waals surface area contributed by atoms with Gasteiger partial charge in [0.15, 0.2) is 5.02 Å². The van der Waals surface area contributed by atoms with E-state index in [0.717, 1.165) is 10.9 Å². The van der Waals surface area contributed by atoms with Gasteiger partial charge in [-0.3, -0.25) is 4.79 Å². The van der Waals surface area contributed by atoms with E-state index in [4.69, 9.17) is 11.6 Å². The first-order valence-corrected chi connectivity index (χ1v) is 7.05. The molecule has 2 aromatic heterocycles. The van der Waals surface area contributed by atoms with E-state index in [2.05, 4.69) is 20.7 Å². The highest BCUT2D eigenvalue weighted by Gasteiger charge is 2.19. The lowest BCUT2D eigenvalue weighted by Crippen LogP contribution is -2.19. The molecule has 12 heteroatoms. The van der Waals surface area contributed by atoms with Crippen LogP contribution in [0.2, 0.25) is 5.02 Å². The molecular weight excluding hydrogens is 345 g/mol. The Morgan fingerprint density at radius 1 is 1.58 bits per heavy atom. The van der Waals surface area contributed by atoms with Gasteiger partial charge in [-0.25, -0.2) is 10.1 Å². The Bertz CT molecular complexity index is 814. The van der Waals surface area contributed by atoms with Crippen LogP contribution in [0.25, 0.3) is 0 Å². The van der Waals surface area contributed by atoms with Crippen molar-refractivity contribution >= 4 is 29.5 Å². The molecule has 0 aliphatic rings. The minimum absolute atomic E-state index is 0.0407. The second-order valence-corrected chi connectivity index (χ2v) is 5.18. The van der Waals surface area contributed by atoms with Gasteiger partial charge in [0.05, 0.1) is 35.3 Å². The zero-order valence-corrected chi connectivity index (χ0v) is 13.5. The molecule has 2 aromatic rings. The summed E-state index contributed by atoms with van der Waals surface area (Å²) in [7, 11) is 1.45. The fraction of sp³-hybridized carbons (Fsp3) is 0.333. The van der Waals surface area contributed by atoms with Gasteiger partial charge in [-0.1, -0.05) is 11.6 Å². The Labute approximate surface area is 140 Å². The number of hydrazone groups is 1. The molecule has 2 rings (SSSR count). The van der Waals surface area contributed by atoms with E-state index in [0.29, 0.717) is 5.69 Å². The lowest BCUT2D eigenvalue weighted by Gasteiger charge is -1.98. The number of amides is 1. The van der Waals surface area contributed by atoms with Gasteiger partial charge in [0.2, 0.25) is 11.9 Å². The lowest BCUT2D eigenvalue weighted by atomic mass is 10.3. The molecule has 0 aromatic carbocycles. The molecule has 1 N–H and O–H groups in total. The van der Waals surface area contributed by atoms with Crippen LogP contribution >= 0.6 is 11.6 Å². The molecule has 1 amide bonds. The van der Waals surface area contributed by atoms with Crippen LogP contribution in [-0.4, -0.2) is 36.6 Å². The summed E-state index contributed by atoms with van der Waals surface area (Å²) in [6.45, 7) is 1.69. The summed E-state index contributed by atoms with van der Waals surface area (Å²) in [5, 5.41) is 21.7. The first kappa shape index (κ1) is 17.5. The molecule has 0 saturated carbocycles. The van der Waals surface area contributed by atoms with Gasteiger partial charge in [0, 0.05) is 13.5 Å². The van der Waals surface area contributed by atoms with Crippen molar-refractivity contribution < 1.29 is 14.1 Å². The molecular formula is C12H13ClFN7O3. The largest absolute Gasteiger partial charge is 0.408 e. The van der Waals surface area contributed by atoms with Crippen molar-refractivity contribution in [1.82, 2.24) is 25.0 Å². The van der Waals surface area contributed by atoms with Crippen LogP contribution in [0, 0.1) is 23.0 Å². The molecule has 0 radical (unpaired) electrons. The lowest BCUT2D eigenvalue weighted by molar-refractivity contribution is -0.389. The molecule has 0 spiro atoms. The molecule has 0 atom stereocenters. The Kier molecular flexibility index (Phi) is 5.24. The summed E-state index contributed by atoms with van der Waals surface area (Å²) < 4.78 is 15.9. The second kappa shape index (κ2) is 7.17. The first-order chi connectivity index (χ1) is 11.3. The van der Waals surface area contributed by atoms with Crippen LogP contribution in [0.15, 0.2) is 11.3 Å². The number of rotatable bonds is 6. The number of halogens is 2. The van der Waals surface area contributed by atoms with Crippen molar-refractivity contribution in [3.8, 4) is 0 Å². The van der Waals surface area contributed by atoms with Gasteiger partial charge in [-0.15, -0.1) is 0 Å². The summed E-state index contributed by atoms with van der Waals surface area (Å²) >= 11 is 5.65. The van der Waals surface area contributed by atoms with Gasteiger partial charge < -0.3 is 10.1 Å². The fourth-order valence-corrected chi connectivity index (χ4v) is 2.08. The van der Waals surface area contributed by atoms with Crippen molar-refractivity contribution in [3.05, 3.63) is 38.5 Å². The number of nitrogens with zero attached hydrogens (tertiary/aromatic N) is 6. The van der Waals surface area contributed by atoms with E-state index < -0.39 is 22.6 Å². The first-order valence-electron chi connectivity index (χ1n) is 6.68. The molecule has 0 bridgehead atoms. The Hall–Kier alpha value is -2.82. The summed E-state index contributed by atoms with van der Waals surface area (Å²) in [5.41, 5.74) is 2.84. The summed E-state index contributed by atoms with van der Waals surface area (Å²) in [5.74, 6) is -1.51. The molecule has 10 nitrogen and oxygen atoms in total. The number of aromatic nitrogens is 4. The third kappa shape index (κ3) is 3.93.